The second-order valence-corrected chi connectivity index (χ2v) is 6.17. The highest BCUT2D eigenvalue weighted by atomic mass is 16.5. The minimum absolute atomic E-state index is 0.0152. The first-order valence-electron chi connectivity index (χ1n) is 8.37. The summed E-state index contributed by atoms with van der Waals surface area (Å²) in [4.78, 5) is 25.1. The second-order valence-electron chi connectivity index (χ2n) is 6.17. The van der Waals surface area contributed by atoms with Crippen molar-refractivity contribution < 1.29 is 14.3 Å². The molecule has 0 aromatic heterocycles. The van der Waals surface area contributed by atoms with Crippen molar-refractivity contribution in [2.24, 2.45) is 5.92 Å². The molecule has 3 rings (SSSR count). The van der Waals surface area contributed by atoms with Crippen molar-refractivity contribution in [3.8, 4) is 5.75 Å². The van der Waals surface area contributed by atoms with Crippen LogP contribution in [0.1, 0.15) is 52.8 Å². The van der Waals surface area contributed by atoms with Crippen molar-refractivity contribution in [2.45, 2.75) is 32.1 Å². The summed E-state index contributed by atoms with van der Waals surface area (Å²) in [5.74, 6) is -0.0362. The highest BCUT2D eigenvalue weighted by Crippen LogP contribution is 2.30. The molecule has 0 radical (unpaired) electrons. The summed E-state index contributed by atoms with van der Waals surface area (Å²) in [6.07, 6.45) is 5.13. The maximum absolute atomic E-state index is 12.7. The third kappa shape index (κ3) is 3.48. The van der Waals surface area contributed by atoms with Crippen LogP contribution in [-0.4, -0.2) is 11.8 Å². The van der Waals surface area contributed by atoms with Crippen molar-refractivity contribution in [1.82, 2.24) is 0 Å². The Labute approximate surface area is 141 Å². The summed E-state index contributed by atoms with van der Waals surface area (Å²) in [5, 5.41) is 0. The summed E-state index contributed by atoms with van der Waals surface area (Å²) in [7, 11) is 0. The van der Waals surface area contributed by atoms with Gasteiger partial charge in [0.1, 0.15) is 5.75 Å². The summed E-state index contributed by atoms with van der Waals surface area (Å²) < 4.78 is 5.33. The van der Waals surface area contributed by atoms with Gasteiger partial charge in [-0.1, -0.05) is 43.5 Å². The van der Waals surface area contributed by atoms with Crippen molar-refractivity contribution >= 4 is 17.4 Å². The Morgan fingerprint density at radius 3 is 2.25 bits per heavy atom. The van der Waals surface area contributed by atoms with Gasteiger partial charge in [-0.15, -0.1) is 0 Å². The lowest BCUT2D eigenvalue weighted by Gasteiger charge is -2.21. The number of carbonyl (C=O) groups excluding carboxylic acids is 2. The van der Waals surface area contributed by atoms with E-state index in [1.54, 1.807) is 42.5 Å². The molecule has 2 N–H and O–H groups in total. The highest BCUT2D eigenvalue weighted by Gasteiger charge is 2.25. The summed E-state index contributed by atoms with van der Waals surface area (Å²) in [6, 6.07) is 13.8. The molecule has 0 unspecified atom stereocenters. The van der Waals surface area contributed by atoms with Crippen LogP contribution in [0.4, 0.5) is 5.69 Å². The number of para-hydroxylation sites is 2. The molecule has 0 amide bonds. The molecule has 4 nitrogen and oxygen atoms in total. The fraction of sp³-hybridized carbons (Fsp3) is 0.300. The molecule has 1 saturated carbocycles. The van der Waals surface area contributed by atoms with E-state index in [1.807, 2.05) is 6.07 Å². The van der Waals surface area contributed by atoms with Crippen LogP contribution in [-0.2, 0) is 0 Å². The van der Waals surface area contributed by atoms with Crippen LogP contribution in [0, 0.1) is 5.92 Å². The van der Waals surface area contributed by atoms with Gasteiger partial charge in [0.15, 0.2) is 5.78 Å². The van der Waals surface area contributed by atoms with Crippen molar-refractivity contribution in [3.05, 3.63) is 59.7 Å². The molecule has 1 aliphatic carbocycles. The molecule has 0 atom stereocenters. The average molecular weight is 323 g/mol. The molecule has 124 valence electrons. The smallest absolute Gasteiger partial charge is 0.345 e. The SMILES string of the molecule is Nc1c(C(=O)Oc2ccccc2)cccc1C(=O)C1CCCCC1. The first-order valence-corrected chi connectivity index (χ1v) is 8.37. The van der Waals surface area contributed by atoms with E-state index >= 15 is 0 Å². The largest absolute Gasteiger partial charge is 0.423 e. The van der Waals surface area contributed by atoms with Gasteiger partial charge in [-0.2, -0.15) is 0 Å². The fourth-order valence-corrected chi connectivity index (χ4v) is 3.19. The van der Waals surface area contributed by atoms with Crippen LogP contribution in [0.5, 0.6) is 5.75 Å². The molecule has 2 aromatic rings. The van der Waals surface area contributed by atoms with Crippen molar-refractivity contribution in [3.63, 3.8) is 0 Å². The van der Waals surface area contributed by atoms with Gasteiger partial charge in [0.2, 0.25) is 0 Å². The average Bonchev–Trinajstić information content (AvgIpc) is 2.63. The lowest BCUT2D eigenvalue weighted by Crippen LogP contribution is -2.21. The van der Waals surface area contributed by atoms with E-state index < -0.39 is 5.97 Å². The minimum atomic E-state index is -0.544. The quantitative estimate of drug-likeness (QED) is 0.395. The lowest BCUT2D eigenvalue weighted by molar-refractivity contribution is 0.0736. The molecule has 0 bridgehead atoms. The number of ketones is 1. The Hall–Kier alpha value is -2.62. The maximum atomic E-state index is 12.7. The lowest BCUT2D eigenvalue weighted by atomic mass is 9.83. The van der Waals surface area contributed by atoms with Gasteiger partial charge in [-0.25, -0.2) is 4.79 Å². The van der Waals surface area contributed by atoms with Crippen molar-refractivity contribution in [2.75, 3.05) is 5.73 Å². The van der Waals surface area contributed by atoms with Crippen LogP contribution in [0.3, 0.4) is 0 Å². The van der Waals surface area contributed by atoms with Gasteiger partial charge in [0.25, 0.3) is 0 Å². The minimum Gasteiger partial charge on any atom is -0.423 e. The van der Waals surface area contributed by atoms with Crippen molar-refractivity contribution in [1.29, 1.82) is 0 Å². The molecule has 0 heterocycles. The second kappa shape index (κ2) is 7.30. The van der Waals surface area contributed by atoms with E-state index in [2.05, 4.69) is 0 Å². The molecule has 0 saturated heterocycles. The standard InChI is InChI=1S/C20H21NO3/c21-18-16(19(22)14-8-3-1-4-9-14)12-7-13-17(18)20(23)24-15-10-5-2-6-11-15/h2,5-7,10-14H,1,3-4,8-9,21H2. The third-order valence-electron chi connectivity index (χ3n) is 4.52. The molecule has 0 aliphatic heterocycles. The van der Waals surface area contributed by atoms with E-state index in [9.17, 15) is 9.59 Å². The number of nitrogens with two attached hydrogens (primary N) is 1. The number of hydrogen-bond donors (Lipinski definition) is 1. The van der Waals surface area contributed by atoms with Gasteiger partial charge in [0, 0.05) is 11.5 Å². The topological polar surface area (TPSA) is 69.4 Å². The number of carbonyl (C=O) groups is 2. The van der Waals surface area contributed by atoms with Gasteiger partial charge in [-0.05, 0) is 37.1 Å². The molecule has 0 spiro atoms. The van der Waals surface area contributed by atoms with Gasteiger partial charge < -0.3 is 10.5 Å². The van der Waals surface area contributed by atoms with Crippen LogP contribution in [0.25, 0.3) is 0 Å². The first kappa shape index (κ1) is 16.2. The Kier molecular flexibility index (Phi) is 4.94. The van der Waals surface area contributed by atoms with Gasteiger partial charge in [-0.3, -0.25) is 4.79 Å². The molecule has 2 aromatic carbocycles. The Balaban J connectivity index is 1.82. The van der Waals surface area contributed by atoms with E-state index in [4.69, 9.17) is 10.5 Å². The number of hydrogen-bond acceptors (Lipinski definition) is 4. The van der Waals surface area contributed by atoms with Gasteiger partial charge >= 0.3 is 5.97 Å². The predicted octanol–water partition coefficient (Wildman–Crippen LogP) is 4.25. The first-order chi connectivity index (χ1) is 11.7. The zero-order valence-electron chi connectivity index (χ0n) is 13.5. The maximum Gasteiger partial charge on any atom is 0.345 e. The number of benzene rings is 2. The fourth-order valence-electron chi connectivity index (χ4n) is 3.19. The highest BCUT2D eigenvalue weighted by molar-refractivity contribution is 6.07. The van der Waals surface area contributed by atoms with Crippen LogP contribution in [0.15, 0.2) is 48.5 Å². The van der Waals surface area contributed by atoms with Crippen LogP contribution < -0.4 is 10.5 Å². The number of anilines is 1. The monoisotopic (exact) mass is 323 g/mol. The Bertz CT molecular complexity index is 734. The van der Waals surface area contributed by atoms with E-state index in [0.717, 1.165) is 25.7 Å². The molecule has 1 fully saturated rings. The number of nitrogen functional groups attached to an aromatic ring is 1. The number of ether oxygens (including phenoxy) is 1. The van der Waals surface area contributed by atoms with Gasteiger partial charge in [0.05, 0.1) is 11.3 Å². The number of esters is 1. The van der Waals surface area contributed by atoms with Crippen LogP contribution in [0.2, 0.25) is 0 Å². The molecule has 4 heteroatoms. The van der Waals surface area contributed by atoms with E-state index in [1.165, 1.54) is 6.42 Å². The summed E-state index contributed by atoms with van der Waals surface area (Å²) in [5.41, 5.74) is 7.01. The molecule has 1 aliphatic rings. The predicted molar refractivity (Wildman–Crippen MR) is 93.2 cm³/mol. The van der Waals surface area contributed by atoms with E-state index in [-0.39, 0.29) is 23.0 Å². The molecular formula is C20H21NO3. The zero-order chi connectivity index (χ0) is 16.9. The Morgan fingerprint density at radius 2 is 1.54 bits per heavy atom. The number of rotatable bonds is 4. The Morgan fingerprint density at radius 1 is 0.875 bits per heavy atom. The summed E-state index contributed by atoms with van der Waals surface area (Å²) >= 11 is 0. The van der Waals surface area contributed by atoms with E-state index in [0.29, 0.717) is 11.3 Å². The number of Topliss-reactive ketones (excluding diaryl/α,β-unsaturated/α-hetero) is 1. The normalized spacial score (nSPS) is 15.0. The third-order valence-corrected chi connectivity index (χ3v) is 4.52. The molecular weight excluding hydrogens is 302 g/mol. The summed E-state index contributed by atoms with van der Waals surface area (Å²) in [6.45, 7) is 0. The molecule has 24 heavy (non-hydrogen) atoms. The zero-order valence-corrected chi connectivity index (χ0v) is 13.5. The van der Waals surface area contributed by atoms with Crippen LogP contribution >= 0.6 is 0 Å².